The van der Waals surface area contributed by atoms with Crippen molar-refractivity contribution in [2.45, 2.75) is 26.5 Å². The number of ether oxygens (including phenoxy) is 3. The summed E-state index contributed by atoms with van der Waals surface area (Å²) in [6.07, 6.45) is 0.849. The van der Waals surface area contributed by atoms with Crippen molar-refractivity contribution in [1.29, 1.82) is 0 Å². The minimum atomic E-state index is -0.277. The van der Waals surface area contributed by atoms with Crippen molar-refractivity contribution in [1.82, 2.24) is 4.90 Å². The first-order chi connectivity index (χ1) is 14.0. The molecule has 3 rings (SSSR count). The fraction of sp³-hybridized carbons (Fsp3) is 0.391. The van der Waals surface area contributed by atoms with Gasteiger partial charge in [0.25, 0.3) is 5.91 Å². The Morgan fingerprint density at radius 1 is 1.07 bits per heavy atom. The third-order valence-electron chi connectivity index (χ3n) is 5.06. The average Bonchev–Trinajstić information content (AvgIpc) is 3.48. The van der Waals surface area contributed by atoms with Crippen LogP contribution < -0.4 is 9.47 Å². The van der Waals surface area contributed by atoms with Gasteiger partial charge in [-0.1, -0.05) is 43.3 Å². The largest absolute Gasteiger partial charge is 0.493 e. The lowest BCUT2D eigenvalue weighted by atomic mass is 10.2. The quantitative estimate of drug-likeness (QED) is 0.607. The van der Waals surface area contributed by atoms with Crippen LogP contribution >= 0.6 is 0 Å². The van der Waals surface area contributed by atoms with Gasteiger partial charge in [-0.3, -0.25) is 9.59 Å². The number of benzene rings is 2. The zero-order valence-corrected chi connectivity index (χ0v) is 17.1. The Bertz CT molecular complexity index is 852. The predicted molar refractivity (Wildman–Crippen MR) is 108 cm³/mol. The van der Waals surface area contributed by atoms with Gasteiger partial charge in [-0.15, -0.1) is 0 Å². The maximum Gasteiger partial charge on any atom is 0.309 e. The number of amides is 1. The first kappa shape index (κ1) is 20.7. The van der Waals surface area contributed by atoms with E-state index < -0.39 is 0 Å². The van der Waals surface area contributed by atoms with E-state index in [1.54, 1.807) is 14.2 Å². The van der Waals surface area contributed by atoms with Crippen LogP contribution in [0.3, 0.4) is 0 Å². The lowest BCUT2D eigenvalue weighted by Gasteiger charge is -2.18. The highest BCUT2D eigenvalue weighted by atomic mass is 16.5. The first-order valence-corrected chi connectivity index (χ1v) is 9.72. The highest BCUT2D eigenvalue weighted by molar-refractivity contribution is 5.82. The van der Waals surface area contributed by atoms with E-state index in [4.69, 9.17) is 14.2 Å². The number of rotatable bonds is 9. The molecule has 0 aromatic heterocycles. The zero-order chi connectivity index (χ0) is 20.8. The molecule has 2 aromatic carbocycles. The molecule has 0 bridgehead atoms. The summed E-state index contributed by atoms with van der Waals surface area (Å²) in [6.45, 7) is 2.60. The smallest absolute Gasteiger partial charge is 0.309 e. The van der Waals surface area contributed by atoms with Gasteiger partial charge >= 0.3 is 5.97 Å². The molecule has 0 unspecified atom stereocenters. The van der Waals surface area contributed by atoms with Gasteiger partial charge < -0.3 is 19.1 Å². The van der Waals surface area contributed by atoms with Gasteiger partial charge in [-0.25, -0.2) is 0 Å². The normalized spacial score (nSPS) is 17.3. The number of methoxy groups -OCH3 is 1. The predicted octanol–water partition coefficient (Wildman–Crippen LogP) is 3.43. The average molecular weight is 397 g/mol. The number of carbonyl (C=O) groups excluding carboxylic acids is 2. The molecule has 2 aromatic rings. The van der Waals surface area contributed by atoms with Gasteiger partial charge in [0.1, 0.15) is 6.61 Å². The van der Waals surface area contributed by atoms with Crippen LogP contribution in [0.25, 0.3) is 0 Å². The van der Waals surface area contributed by atoms with E-state index >= 15 is 0 Å². The molecule has 29 heavy (non-hydrogen) atoms. The summed E-state index contributed by atoms with van der Waals surface area (Å²) in [4.78, 5) is 25.5. The molecular weight excluding hydrogens is 370 g/mol. The molecular formula is C23H27NO5. The number of hydrogen-bond donors (Lipinski definition) is 0. The fourth-order valence-electron chi connectivity index (χ4n) is 3.03. The molecule has 154 valence electrons. The van der Waals surface area contributed by atoms with E-state index in [0.717, 1.165) is 17.5 Å². The highest BCUT2D eigenvalue weighted by Gasteiger charge is 2.40. The van der Waals surface area contributed by atoms with E-state index in [-0.39, 0.29) is 24.4 Å². The summed E-state index contributed by atoms with van der Waals surface area (Å²) >= 11 is 0. The third kappa shape index (κ3) is 5.73. The Hall–Kier alpha value is -3.02. The number of nitrogens with zero attached hydrogens (tertiary/aromatic N) is 1. The second-order valence-electron chi connectivity index (χ2n) is 7.44. The molecule has 0 N–H and O–H groups in total. The third-order valence-corrected chi connectivity index (χ3v) is 5.06. The molecule has 6 nitrogen and oxygen atoms in total. The van der Waals surface area contributed by atoms with Crippen LogP contribution in [-0.2, 0) is 27.5 Å². The number of likely N-dealkylation sites (N-methyl/N-ethyl adjacent to an activating group) is 1. The Balaban J connectivity index is 1.53. The molecule has 0 aliphatic heterocycles. The van der Waals surface area contributed by atoms with Crippen LogP contribution in [0.4, 0.5) is 0 Å². The minimum absolute atomic E-state index is 0.0409. The molecule has 6 heteroatoms. The molecule has 1 saturated carbocycles. The van der Waals surface area contributed by atoms with E-state index in [9.17, 15) is 9.59 Å². The topological polar surface area (TPSA) is 65.1 Å². The van der Waals surface area contributed by atoms with Gasteiger partial charge in [-0.05, 0) is 35.6 Å². The van der Waals surface area contributed by atoms with Crippen molar-refractivity contribution in [2.24, 2.45) is 11.8 Å². The maximum absolute atomic E-state index is 12.2. The summed E-state index contributed by atoms with van der Waals surface area (Å²) in [6, 6.07) is 15.5. The van der Waals surface area contributed by atoms with Crippen molar-refractivity contribution < 1.29 is 23.8 Å². The van der Waals surface area contributed by atoms with E-state index in [1.165, 1.54) is 4.90 Å². The molecule has 0 saturated heterocycles. The summed E-state index contributed by atoms with van der Waals surface area (Å²) in [7, 11) is 3.27. The highest BCUT2D eigenvalue weighted by Crippen LogP contribution is 2.38. The van der Waals surface area contributed by atoms with Crippen LogP contribution in [0, 0.1) is 11.8 Å². The van der Waals surface area contributed by atoms with Crippen LogP contribution in [-0.4, -0.2) is 37.5 Å². The summed E-state index contributed by atoms with van der Waals surface area (Å²) < 4.78 is 16.4. The molecule has 0 heterocycles. The van der Waals surface area contributed by atoms with Gasteiger partial charge in [0, 0.05) is 13.6 Å². The maximum atomic E-state index is 12.2. The summed E-state index contributed by atoms with van der Waals surface area (Å²) in [5.41, 5.74) is 1.96. The van der Waals surface area contributed by atoms with Crippen molar-refractivity contribution in [3.63, 3.8) is 0 Å². The number of hydrogen-bond acceptors (Lipinski definition) is 5. The molecule has 0 spiro atoms. The second kappa shape index (κ2) is 9.45. The van der Waals surface area contributed by atoms with E-state index in [0.29, 0.717) is 30.6 Å². The number of carbonyl (C=O) groups is 2. The van der Waals surface area contributed by atoms with Crippen molar-refractivity contribution in [3.8, 4) is 11.5 Å². The van der Waals surface area contributed by atoms with E-state index in [2.05, 4.69) is 0 Å². The zero-order valence-electron chi connectivity index (χ0n) is 17.1. The summed E-state index contributed by atoms with van der Waals surface area (Å²) in [5.74, 6) is 1.05. The minimum Gasteiger partial charge on any atom is -0.493 e. The van der Waals surface area contributed by atoms with Crippen molar-refractivity contribution in [2.75, 3.05) is 20.8 Å². The Kier molecular flexibility index (Phi) is 6.75. The first-order valence-electron chi connectivity index (χ1n) is 9.72. The second-order valence-corrected chi connectivity index (χ2v) is 7.44. The van der Waals surface area contributed by atoms with Crippen molar-refractivity contribution in [3.05, 3.63) is 59.7 Å². The van der Waals surface area contributed by atoms with Gasteiger partial charge in [0.05, 0.1) is 13.0 Å². The van der Waals surface area contributed by atoms with E-state index in [1.807, 2.05) is 55.5 Å². The molecule has 1 aliphatic rings. The van der Waals surface area contributed by atoms with Gasteiger partial charge in [-0.2, -0.15) is 0 Å². The van der Waals surface area contributed by atoms with Crippen LogP contribution in [0.15, 0.2) is 48.5 Å². The monoisotopic (exact) mass is 397 g/mol. The van der Waals surface area contributed by atoms with Gasteiger partial charge in [0.2, 0.25) is 0 Å². The van der Waals surface area contributed by atoms with Gasteiger partial charge in [0.15, 0.2) is 18.1 Å². The van der Waals surface area contributed by atoms with Crippen LogP contribution in [0.5, 0.6) is 11.5 Å². The Labute approximate surface area is 171 Å². The van der Waals surface area contributed by atoms with Crippen LogP contribution in [0.2, 0.25) is 0 Å². The molecule has 1 aliphatic carbocycles. The summed E-state index contributed by atoms with van der Waals surface area (Å²) in [5, 5.41) is 0. The lowest BCUT2D eigenvalue weighted by molar-refractivity contribution is -0.153. The molecule has 1 amide bonds. The molecule has 2 atom stereocenters. The Morgan fingerprint density at radius 3 is 2.45 bits per heavy atom. The lowest BCUT2D eigenvalue weighted by Crippen LogP contribution is -2.31. The molecule has 0 radical (unpaired) electrons. The SMILES string of the molecule is COc1cc(CN(C)C(=O)COC(=O)[C@@H]2C[C@@H]2C)ccc1OCc1ccccc1. The molecule has 1 fully saturated rings. The van der Waals surface area contributed by atoms with Crippen LogP contribution in [0.1, 0.15) is 24.5 Å². The number of esters is 1. The fourth-order valence-corrected chi connectivity index (χ4v) is 3.03. The standard InChI is InChI=1S/C23H27NO5/c1-16-11-19(16)23(26)29-15-22(25)24(2)13-18-9-10-20(21(12-18)27-3)28-14-17-7-5-4-6-8-17/h4-10,12,16,19H,11,13-15H2,1-3H3/t16-,19+/m0/s1. The Morgan fingerprint density at radius 2 is 1.79 bits per heavy atom. The van der Waals surface area contributed by atoms with Crippen molar-refractivity contribution >= 4 is 11.9 Å².